The molecule has 0 saturated carbocycles. The highest BCUT2D eigenvalue weighted by Crippen LogP contribution is 1.92. The molecule has 0 aromatic carbocycles. The number of hydrogen-bond donors (Lipinski definition) is 3. The largest absolute Gasteiger partial charge is 0.481 e. The van der Waals surface area contributed by atoms with Crippen molar-refractivity contribution in [2.24, 2.45) is 0 Å². The van der Waals surface area contributed by atoms with E-state index in [9.17, 15) is 19.2 Å². The SMILES string of the molecule is O=CC=CC(=O)N[C@@H](CC(=O)O)C(=O)O. The molecule has 0 aliphatic rings. The lowest BCUT2D eigenvalue weighted by atomic mass is 10.2. The number of rotatable bonds is 6. The maximum Gasteiger partial charge on any atom is 0.326 e. The summed E-state index contributed by atoms with van der Waals surface area (Å²) >= 11 is 0. The molecule has 0 rings (SSSR count). The number of aldehydes is 1. The first-order chi connectivity index (χ1) is 6.97. The number of carboxylic acids is 2. The highest BCUT2D eigenvalue weighted by Gasteiger charge is 2.21. The van der Waals surface area contributed by atoms with Gasteiger partial charge in [-0.15, -0.1) is 0 Å². The highest BCUT2D eigenvalue weighted by molar-refractivity contribution is 5.94. The Morgan fingerprint density at radius 3 is 2.27 bits per heavy atom. The van der Waals surface area contributed by atoms with E-state index in [1.165, 1.54) is 0 Å². The Bertz CT molecular complexity index is 308. The second kappa shape index (κ2) is 6.30. The van der Waals surface area contributed by atoms with Gasteiger partial charge in [0.1, 0.15) is 12.3 Å². The molecule has 0 spiro atoms. The summed E-state index contributed by atoms with van der Waals surface area (Å²) in [7, 11) is 0. The molecule has 0 aliphatic heterocycles. The number of carbonyl (C=O) groups excluding carboxylic acids is 2. The van der Waals surface area contributed by atoms with Crippen LogP contribution in [0.3, 0.4) is 0 Å². The minimum absolute atomic E-state index is 0.340. The van der Waals surface area contributed by atoms with Gasteiger partial charge in [-0.1, -0.05) is 0 Å². The number of hydrogen-bond acceptors (Lipinski definition) is 4. The predicted octanol–water partition coefficient (Wildman–Crippen LogP) is -1.21. The quantitative estimate of drug-likeness (QED) is 0.377. The van der Waals surface area contributed by atoms with E-state index in [2.05, 4.69) is 0 Å². The zero-order valence-electron chi connectivity index (χ0n) is 7.54. The molecule has 0 aromatic rings. The molecule has 1 amide bonds. The van der Waals surface area contributed by atoms with E-state index in [1.807, 2.05) is 5.32 Å². The second-order valence-electron chi connectivity index (χ2n) is 2.49. The summed E-state index contributed by atoms with van der Waals surface area (Å²) in [5.74, 6) is -3.64. The van der Waals surface area contributed by atoms with Crippen LogP contribution in [-0.4, -0.2) is 40.4 Å². The molecule has 0 bridgehead atoms. The van der Waals surface area contributed by atoms with Crippen molar-refractivity contribution in [3.63, 3.8) is 0 Å². The number of nitrogens with one attached hydrogen (secondary N) is 1. The number of carbonyl (C=O) groups is 4. The monoisotopic (exact) mass is 215 g/mol. The Kier molecular flexibility index (Phi) is 5.38. The predicted molar refractivity (Wildman–Crippen MR) is 47.0 cm³/mol. The van der Waals surface area contributed by atoms with Crippen LogP contribution >= 0.6 is 0 Å². The maximum absolute atomic E-state index is 10.9. The van der Waals surface area contributed by atoms with E-state index >= 15 is 0 Å². The Balaban J connectivity index is 4.34. The van der Waals surface area contributed by atoms with Crippen molar-refractivity contribution in [2.45, 2.75) is 12.5 Å². The fraction of sp³-hybridized carbons (Fsp3) is 0.250. The summed E-state index contributed by atoms with van der Waals surface area (Å²) in [6, 6.07) is -1.51. The molecular weight excluding hydrogens is 206 g/mol. The van der Waals surface area contributed by atoms with Crippen LogP contribution in [0.4, 0.5) is 0 Å². The third kappa shape index (κ3) is 5.97. The molecule has 0 fully saturated rings. The summed E-state index contributed by atoms with van der Waals surface area (Å²) in [5, 5.41) is 18.8. The van der Waals surface area contributed by atoms with Crippen molar-refractivity contribution in [1.82, 2.24) is 5.32 Å². The van der Waals surface area contributed by atoms with Crippen molar-refractivity contribution in [3.8, 4) is 0 Å². The first kappa shape index (κ1) is 12.8. The molecule has 0 unspecified atom stereocenters. The topological polar surface area (TPSA) is 121 Å². The van der Waals surface area contributed by atoms with Crippen molar-refractivity contribution in [1.29, 1.82) is 0 Å². The molecule has 7 nitrogen and oxygen atoms in total. The molecule has 1 atom stereocenters. The van der Waals surface area contributed by atoms with E-state index in [0.717, 1.165) is 12.2 Å². The summed E-state index contributed by atoms with van der Waals surface area (Å²) in [5.41, 5.74) is 0. The van der Waals surface area contributed by atoms with Gasteiger partial charge in [-0.25, -0.2) is 4.79 Å². The van der Waals surface area contributed by atoms with Crippen molar-refractivity contribution in [2.75, 3.05) is 0 Å². The minimum atomic E-state index is -1.51. The fourth-order valence-electron chi connectivity index (χ4n) is 0.721. The molecule has 0 saturated heterocycles. The van der Waals surface area contributed by atoms with Gasteiger partial charge in [-0.2, -0.15) is 0 Å². The average Bonchev–Trinajstić information content (AvgIpc) is 2.12. The zero-order chi connectivity index (χ0) is 11.8. The van der Waals surface area contributed by atoms with Gasteiger partial charge < -0.3 is 15.5 Å². The lowest BCUT2D eigenvalue weighted by Gasteiger charge is -2.09. The third-order valence-corrected chi connectivity index (χ3v) is 1.32. The first-order valence-electron chi connectivity index (χ1n) is 3.84. The van der Waals surface area contributed by atoms with Gasteiger partial charge in [0.15, 0.2) is 0 Å². The van der Waals surface area contributed by atoms with E-state index in [1.54, 1.807) is 0 Å². The van der Waals surface area contributed by atoms with Gasteiger partial charge in [-0.05, 0) is 6.08 Å². The standard InChI is InChI=1S/C8H9NO6/c10-3-1-2-6(11)9-5(8(14)15)4-7(12)13/h1-3,5H,4H2,(H,9,11)(H,12,13)(H,14,15)/t5-/m0/s1. The van der Waals surface area contributed by atoms with Crippen LogP contribution < -0.4 is 5.32 Å². The summed E-state index contributed by atoms with van der Waals surface area (Å²) in [6.07, 6.45) is 1.29. The molecule has 3 N–H and O–H groups in total. The Labute approximate surface area is 84.4 Å². The van der Waals surface area contributed by atoms with Crippen LogP contribution in [-0.2, 0) is 19.2 Å². The van der Waals surface area contributed by atoms with E-state index in [-0.39, 0.29) is 0 Å². The zero-order valence-corrected chi connectivity index (χ0v) is 7.54. The molecule has 0 heterocycles. The maximum atomic E-state index is 10.9. The van der Waals surface area contributed by atoms with Crippen LogP contribution in [0, 0.1) is 0 Å². The van der Waals surface area contributed by atoms with Gasteiger partial charge in [-0.3, -0.25) is 14.4 Å². The van der Waals surface area contributed by atoms with Gasteiger partial charge in [0.05, 0.1) is 6.42 Å². The number of amides is 1. The van der Waals surface area contributed by atoms with Crippen molar-refractivity contribution >= 4 is 24.1 Å². The minimum Gasteiger partial charge on any atom is -0.481 e. The first-order valence-corrected chi connectivity index (χ1v) is 3.84. The fourth-order valence-corrected chi connectivity index (χ4v) is 0.721. The molecule has 0 aliphatic carbocycles. The number of carboxylic acid groups (broad SMARTS) is 2. The van der Waals surface area contributed by atoms with Gasteiger partial charge in [0.25, 0.3) is 0 Å². The Morgan fingerprint density at radius 1 is 1.27 bits per heavy atom. The van der Waals surface area contributed by atoms with Crippen LogP contribution in [0.25, 0.3) is 0 Å². The van der Waals surface area contributed by atoms with Crippen molar-refractivity contribution < 1.29 is 29.4 Å². The molecule has 0 radical (unpaired) electrons. The van der Waals surface area contributed by atoms with Crippen LogP contribution in [0.1, 0.15) is 6.42 Å². The third-order valence-electron chi connectivity index (χ3n) is 1.32. The summed E-state index contributed by atoms with van der Waals surface area (Å²) in [4.78, 5) is 41.4. The average molecular weight is 215 g/mol. The van der Waals surface area contributed by atoms with Crippen molar-refractivity contribution in [3.05, 3.63) is 12.2 Å². The highest BCUT2D eigenvalue weighted by atomic mass is 16.4. The van der Waals surface area contributed by atoms with Gasteiger partial charge in [0, 0.05) is 6.08 Å². The number of aliphatic carboxylic acids is 2. The molecule has 15 heavy (non-hydrogen) atoms. The smallest absolute Gasteiger partial charge is 0.326 e. The molecule has 82 valence electrons. The van der Waals surface area contributed by atoms with Crippen LogP contribution in [0.15, 0.2) is 12.2 Å². The molecule has 7 heteroatoms. The van der Waals surface area contributed by atoms with E-state index in [0.29, 0.717) is 6.29 Å². The summed E-state index contributed by atoms with van der Waals surface area (Å²) < 4.78 is 0. The second-order valence-corrected chi connectivity index (χ2v) is 2.49. The lowest BCUT2D eigenvalue weighted by Crippen LogP contribution is -2.41. The lowest BCUT2D eigenvalue weighted by molar-refractivity contribution is -0.146. The van der Waals surface area contributed by atoms with Gasteiger partial charge >= 0.3 is 11.9 Å². The van der Waals surface area contributed by atoms with Crippen LogP contribution in [0.5, 0.6) is 0 Å². The summed E-state index contributed by atoms with van der Waals surface area (Å²) in [6.45, 7) is 0. The molecule has 0 aromatic heterocycles. The van der Waals surface area contributed by atoms with Gasteiger partial charge in [0.2, 0.25) is 5.91 Å². The number of allylic oxidation sites excluding steroid dienone is 1. The Hall–Kier alpha value is -2.18. The van der Waals surface area contributed by atoms with E-state index in [4.69, 9.17) is 10.2 Å². The van der Waals surface area contributed by atoms with Crippen LogP contribution in [0.2, 0.25) is 0 Å². The molecular formula is C8H9NO6. The Morgan fingerprint density at radius 2 is 1.87 bits per heavy atom. The van der Waals surface area contributed by atoms with E-state index < -0.39 is 30.3 Å². The normalized spacial score (nSPS) is 12.0.